The maximum atomic E-state index is 12.8. The Labute approximate surface area is 169 Å². The molecule has 28 heavy (non-hydrogen) atoms. The molecule has 2 aliphatic heterocycles. The molecule has 6 heteroatoms. The molecule has 1 atom stereocenters. The Morgan fingerprint density at radius 3 is 2.57 bits per heavy atom. The van der Waals surface area contributed by atoms with Crippen LogP contribution in [0.1, 0.15) is 31.2 Å². The van der Waals surface area contributed by atoms with Crippen LogP contribution in [0.15, 0.2) is 58.8 Å². The first-order valence-electron chi connectivity index (χ1n) is 9.56. The smallest absolute Gasteiger partial charge is 0.312 e. The molecule has 0 spiro atoms. The molecule has 1 saturated heterocycles. The lowest BCUT2D eigenvalue weighted by atomic mass is 10.0. The summed E-state index contributed by atoms with van der Waals surface area (Å²) in [6, 6.07) is 7.11. The second-order valence-electron chi connectivity index (χ2n) is 7.11. The predicted molar refractivity (Wildman–Crippen MR) is 109 cm³/mol. The van der Waals surface area contributed by atoms with Gasteiger partial charge in [0.1, 0.15) is 0 Å². The minimum atomic E-state index is -0.461. The number of aliphatic imine (C=N–C) groups is 1. The molecule has 144 valence electrons. The third kappa shape index (κ3) is 4.09. The van der Waals surface area contributed by atoms with Crippen molar-refractivity contribution in [3.63, 3.8) is 0 Å². The van der Waals surface area contributed by atoms with Gasteiger partial charge >= 0.3 is 5.91 Å². The molecule has 0 N–H and O–H groups in total. The summed E-state index contributed by atoms with van der Waals surface area (Å²) in [5.74, 6) is -0.278. The van der Waals surface area contributed by atoms with E-state index in [1.807, 2.05) is 4.90 Å². The van der Waals surface area contributed by atoms with Gasteiger partial charge in [-0.3, -0.25) is 9.59 Å². The van der Waals surface area contributed by atoms with E-state index in [0.717, 1.165) is 31.5 Å². The molecule has 2 heterocycles. The molecule has 0 bridgehead atoms. The summed E-state index contributed by atoms with van der Waals surface area (Å²) in [5, 5.41) is 0.625. The fraction of sp³-hybridized carbons (Fsp3) is 0.318. The van der Waals surface area contributed by atoms with Crippen molar-refractivity contribution in [2.45, 2.75) is 31.8 Å². The number of carbonyl (C=O) groups is 2. The van der Waals surface area contributed by atoms with Gasteiger partial charge in [-0.1, -0.05) is 36.6 Å². The van der Waals surface area contributed by atoms with Crippen LogP contribution in [0.4, 0.5) is 0 Å². The molecule has 1 unspecified atom stereocenters. The molecular weight excluding hydrogens is 376 g/mol. The Hall–Kier alpha value is -2.66. The predicted octanol–water partition coefficient (Wildman–Crippen LogP) is 3.95. The highest BCUT2D eigenvalue weighted by Gasteiger charge is 2.30. The normalized spacial score (nSPS) is 23.5. The Morgan fingerprint density at radius 2 is 1.86 bits per heavy atom. The zero-order chi connectivity index (χ0) is 19.5. The van der Waals surface area contributed by atoms with Gasteiger partial charge < -0.3 is 9.64 Å². The van der Waals surface area contributed by atoms with Crippen LogP contribution < -0.4 is 0 Å². The third-order valence-corrected chi connectivity index (χ3v) is 5.30. The molecule has 2 amide bonds. The topological polar surface area (TPSA) is 59.0 Å². The summed E-state index contributed by atoms with van der Waals surface area (Å²) in [5.41, 5.74) is 1.83. The van der Waals surface area contributed by atoms with Crippen LogP contribution in [0, 0.1) is 0 Å². The van der Waals surface area contributed by atoms with Crippen LogP contribution in [-0.4, -0.2) is 41.6 Å². The van der Waals surface area contributed by atoms with Crippen LogP contribution in [0.3, 0.4) is 0 Å². The Bertz CT molecular complexity index is 904. The molecule has 1 aliphatic carbocycles. The van der Waals surface area contributed by atoms with Crippen LogP contribution >= 0.6 is 11.6 Å². The molecular formula is C22H21ClN2O3. The van der Waals surface area contributed by atoms with Gasteiger partial charge in [-0.2, -0.15) is 0 Å². The van der Waals surface area contributed by atoms with Crippen LogP contribution in [0.2, 0.25) is 5.02 Å². The number of amides is 2. The summed E-state index contributed by atoms with van der Waals surface area (Å²) in [4.78, 5) is 31.2. The minimum absolute atomic E-state index is 0.00532. The zero-order valence-electron chi connectivity index (χ0n) is 15.4. The number of halogens is 1. The van der Waals surface area contributed by atoms with Crippen molar-refractivity contribution in [1.29, 1.82) is 0 Å². The lowest BCUT2D eigenvalue weighted by Gasteiger charge is -2.26. The standard InChI is InChI=1S/C22H21ClN2O3/c23-17-8-5-15(6-9-17)13-20-21(26)24-18-14-16(7-10-19(18)28-20)22(27)25-11-3-1-2-4-12-25/h5-10,13-14,19H,1-4,11-12H2/b20-13-. The van der Waals surface area contributed by atoms with Crippen LogP contribution in [-0.2, 0) is 14.3 Å². The SMILES string of the molecule is O=C1N=C2C=C(C(=O)N3CCCCCC3)C=CC2O/C1=C\c1ccc(Cl)cc1. The number of hydrogen-bond donors (Lipinski definition) is 0. The van der Waals surface area contributed by atoms with Gasteiger partial charge in [0.15, 0.2) is 11.9 Å². The number of nitrogens with zero attached hydrogens (tertiary/aromatic N) is 2. The number of rotatable bonds is 2. The highest BCUT2D eigenvalue weighted by Crippen LogP contribution is 2.24. The Balaban J connectivity index is 1.53. The number of fused-ring (bicyclic) bond motifs is 1. The summed E-state index contributed by atoms with van der Waals surface area (Å²) in [6.45, 7) is 1.56. The van der Waals surface area contributed by atoms with Crippen molar-refractivity contribution < 1.29 is 14.3 Å². The van der Waals surface area contributed by atoms with Gasteiger partial charge in [-0.25, -0.2) is 4.99 Å². The molecule has 1 aromatic rings. The first-order valence-corrected chi connectivity index (χ1v) is 9.94. The maximum Gasteiger partial charge on any atom is 0.312 e. The van der Waals surface area contributed by atoms with Crippen molar-refractivity contribution in [3.8, 4) is 0 Å². The first-order chi connectivity index (χ1) is 13.6. The molecule has 0 saturated carbocycles. The third-order valence-electron chi connectivity index (χ3n) is 5.05. The fourth-order valence-electron chi connectivity index (χ4n) is 3.53. The number of hydrogen-bond acceptors (Lipinski definition) is 3. The highest BCUT2D eigenvalue weighted by atomic mass is 35.5. The van der Waals surface area contributed by atoms with Crippen molar-refractivity contribution >= 4 is 35.2 Å². The lowest BCUT2D eigenvalue weighted by Crippen LogP contribution is -2.36. The molecule has 5 nitrogen and oxygen atoms in total. The molecule has 0 radical (unpaired) electrons. The van der Waals surface area contributed by atoms with Crippen molar-refractivity contribution in [3.05, 3.63) is 64.4 Å². The monoisotopic (exact) mass is 396 g/mol. The summed E-state index contributed by atoms with van der Waals surface area (Å²) >= 11 is 5.89. The molecule has 0 aromatic heterocycles. The summed E-state index contributed by atoms with van der Waals surface area (Å²) in [7, 11) is 0. The van der Waals surface area contributed by atoms with E-state index in [4.69, 9.17) is 16.3 Å². The van der Waals surface area contributed by atoms with E-state index in [9.17, 15) is 9.59 Å². The second kappa shape index (κ2) is 8.15. The average Bonchev–Trinajstić information content (AvgIpc) is 2.99. The van der Waals surface area contributed by atoms with E-state index in [0.29, 0.717) is 16.3 Å². The van der Waals surface area contributed by atoms with Crippen LogP contribution in [0.5, 0.6) is 0 Å². The Morgan fingerprint density at radius 1 is 1.14 bits per heavy atom. The molecule has 3 aliphatic rings. The number of benzene rings is 1. The summed E-state index contributed by atoms with van der Waals surface area (Å²) in [6.07, 6.45) is 10.8. The van der Waals surface area contributed by atoms with Gasteiger partial charge in [0.05, 0.1) is 5.71 Å². The van der Waals surface area contributed by atoms with Crippen molar-refractivity contribution in [2.75, 3.05) is 13.1 Å². The zero-order valence-corrected chi connectivity index (χ0v) is 16.2. The van der Waals surface area contributed by atoms with Gasteiger partial charge in [-0.05, 0) is 54.8 Å². The molecule has 4 rings (SSSR count). The fourth-order valence-corrected chi connectivity index (χ4v) is 3.66. The van der Waals surface area contributed by atoms with Gasteiger partial charge in [0, 0.05) is 23.7 Å². The second-order valence-corrected chi connectivity index (χ2v) is 7.54. The quantitative estimate of drug-likeness (QED) is 0.711. The van der Waals surface area contributed by atoms with E-state index < -0.39 is 12.0 Å². The van der Waals surface area contributed by atoms with E-state index in [1.165, 1.54) is 12.8 Å². The van der Waals surface area contributed by atoms with Gasteiger partial charge in [-0.15, -0.1) is 0 Å². The highest BCUT2D eigenvalue weighted by molar-refractivity contribution is 6.30. The van der Waals surface area contributed by atoms with E-state index in [2.05, 4.69) is 4.99 Å². The molecule has 1 aromatic carbocycles. The van der Waals surface area contributed by atoms with E-state index >= 15 is 0 Å². The van der Waals surface area contributed by atoms with Crippen molar-refractivity contribution in [2.24, 2.45) is 4.99 Å². The summed E-state index contributed by atoms with van der Waals surface area (Å²) < 4.78 is 5.82. The Kier molecular flexibility index (Phi) is 5.44. The van der Waals surface area contributed by atoms with Gasteiger partial charge in [0.25, 0.3) is 5.91 Å². The van der Waals surface area contributed by atoms with Crippen molar-refractivity contribution in [1.82, 2.24) is 4.90 Å². The number of likely N-dealkylation sites (tertiary alicyclic amines) is 1. The van der Waals surface area contributed by atoms with E-state index in [1.54, 1.807) is 48.6 Å². The number of ether oxygens (including phenoxy) is 1. The average molecular weight is 397 g/mol. The van der Waals surface area contributed by atoms with Crippen LogP contribution in [0.25, 0.3) is 6.08 Å². The minimum Gasteiger partial charge on any atom is -0.474 e. The largest absolute Gasteiger partial charge is 0.474 e. The first kappa shape index (κ1) is 18.7. The lowest BCUT2D eigenvalue weighted by molar-refractivity contribution is -0.126. The van der Waals surface area contributed by atoms with E-state index in [-0.39, 0.29) is 11.7 Å². The number of carbonyl (C=O) groups excluding carboxylic acids is 2. The van der Waals surface area contributed by atoms with Gasteiger partial charge in [0.2, 0.25) is 0 Å². The maximum absolute atomic E-state index is 12.8. The molecule has 1 fully saturated rings.